The van der Waals surface area contributed by atoms with Gasteiger partial charge >= 0.3 is 0 Å². The Morgan fingerprint density at radius 1 is 0.789 bits per heavy atom. The van der Waals surface area contributed by atoms with Gasteiger partial charge in [0.2, 0.25) is 0 Å². The molecule has 0 heteroatoms. The third-order valence-corrected chi connectivity index (χ3v) is 3.71. The van der Waals surface area contributed by atoms with Crippen molar-refractivity contribution >= 4 is 0 Å². The van der Waals surface area contributed by atoms with Crippen molar-refractivity contribution in [1.82, 2.24) is 0 Å². The van der Waals surface area contributed by atoms with E-state index < -0.39 is 0 Å². The maximum absolute atomic E-state index is 2.34. The molecule has 2 rings (SSSR count). The van der Waals surface area contributed by atoms with Crippen LogP contribution in [0.4, 0.5) is 0 Å². The lowest BCUT2D eigenvalue weighted by molar-refractivity contribution is 0.589. The second-order valence-corrected chi connectivity index (χ2v) is 6.60. The first-order valence-corrected chi connectivity index (χ1v) is 6.98. The molecule has 0 aliphatic carbocycles. The summed E-state index contributed by atoms with van der Waals surface area (Å²) in [6.07, 6.45) is 0. The Balaban J connectivity index is 2.60. The number of rotatable bonds is 1. The van der Waals surface area contributed by atoms with Crippen LogP contribution in [0.25, 0.3) is 11.1 Å². The molecular formula is C19H24. The highest BCUT2D eigenvalue weighted by atomic mass is 14.2. The second kappa shape index (κ2) is 4.85. The number of hydrogen-bond acceptors (Lipinski definition) is 0. The van der Waals surface area contributed by atoms with Gasteiger partial charge in [0.25, 0.3) is 0 Å². The van der Waals surface area contributed by atoms with E-state index in [9.17, 15) is 0 Å². The SMILES string of the molecule is Cc1cccc(-c2c(C)cc(C(C)(C)C)cc2C)c1. The molecule has 0 N–H and O–H groups in total. The smallest absolute Gasteiger partial charge is 0.0125 e. The van der Waals surface area contributed by atoms with E-state index in [0.29, 0.717) is 0 Å². The summed E-state index contributed by atoms with van der Waals surface area (Å²) in [6.45, 7) is 13.4. The van der Waals surface area contributed by atoms with Crippen LogP contribution in [-0.2, 0) is 5.41 Å². The third kappa shape index (κ3) is 2.89. The molecule has 0 saturated heterocycles. The molecule has 0 unspecified atom stereocenters. The van der Waals surface area contributed by atoms with Gasteiger partial charge in [0.15, 0.2) is 0 Å². The van der Waals surface area contributed by atoms with Gasteiger partial charge in [0, 0.05) is 0 Å². The minimum atomic E-state index is 0.209. The Hall–Kier alpha value is -1.56. The number of benzene rings is 2. The van der Waals surface area contributed by atoms with Crippen molar-refractivity contribution in [3.05, 3.63) is 58.7 Å². The van der Waals surface area contributed by atoms with E-state index in [1.807, 2.05) is 0 Å². The van der Waals surface area contributed by atoms with Crippen molar-refractivity contribution in [2.45, 2.75) is 47.0 Å². The van der Waals surface area contributed by atoms with E-state index in [2.05, 4.69) is 77.9 Å². The first-order chi connectivity index (χ1) is 8.79. The molecule has 2 aromatic rings. The minimum Gasteiger partial charge on any atom is -0.0614 e. The maximum Gasteiger partial charge on any atom is -0.0125 e. The lowest BCUT2D eigenvalue weighted by Crippen LogP contribution is -2.12. The van der Waals surface area contributed by atoms with Crippen LogP contribution in [0, 0.1) is 20.8 Å². The number of hydrogen-bond donors (Lipinski definition) is 0. The molecule has 2 aromatic carbocycles. The Bertz CT molecular complexity index is 575. The summed E-state index contributed by atoms with van der Waals surface area (Å²) in [7, 11) is 0. The first-order valence-electron chi connectivity index (χ1n) is 6.98. The molecule has 0 amide bonds. The van der Waals surface area contributed by atoms with Crippen LogP contribution < -0.4 is 0 Å². The topological polar surface area (TPSA) is 0 Å². The fourth-order valence-electron chi connectivity index (χ4n) is 2.65. The maximum atomic E-state index is 2.34. The van der Waals surface area contributed by atoms with Gasteiger partial charge < -0.3 is 0 Å². The predicted molar refractivity (Wildman–Crippen MR) is 84.8 cm³/mol. The van der Waals surface area contributed by atoms with Crippen LogP contribution in [0.1, 0.15) is 43.0 Å². The van der Waals surface area contributed by atoms with Crippen LogP contribution in [0.3, 0.4) is 0 Å². The molecule has 0 atom stereocenters. The van der Waals surface area contributed by atoms with Crippen molar-refractivity contribution in [2.75, 3.05) is 0 Å². The van der Waals surface area contributed by atoms with Gasteiger partial charge in [0.1, 0.15) is 0 Å². The second-order valence-electron chi connectivity index (χ2n) is 6.60. The predicted octanol–water partition coefficient (Wildman–Crippen LogP) is 5.58. The lowest BCUT2D eigenvalue weighted by atomic mass is 9.82. The Morgan fingerprint density at radius 2 is 1.37 bits per heavy atom. The Kier molecular flexibility index (Phi) is 3.54. The van der Waals surface area contributed by atoms with Gasteiger partial charge in [-0.15, -0.1) is 0 Å². The van der Waals surface area contributed by atoms with E-state index in [4.69, 9.17) is 0 Å². The highest BCUT2D eigenvalue weighted by Gasteiger charge is 2.16. The molecule has 0 saturated carbocycles. The molecule has 0 nitrogen and oxygen atoms in total. The average Bonchev–Trinajstić information content (AvgIpc) is 2.26. The summed E-state index contributed by atoms with van der Waals surface area (Å²) in [5.41, 5.74) is 8.40. The van der Waals surface area contributed by atoms with Crippen molar-refractivity contribution in [1.29, 1.82) is 0 Å². The molecule has 0 heterocycles. The van der Waals surface area contributed by atoms with E-state index >= 15 is 0 Å². The van der Waals surface area contributed by atoms with E-state index in [-0.39, 0.29) is 5.41 Å². The van der Waals surface area contributed by atoms with Crippen LogP contribution >= 0.6 is 0 Å². The summed E-state index contributed by atoms with van der Waals surface area (Å²) < 4.78 is 0. The highest BCUT2D eigenvalue weighted by molar-refractivity contribution is 5.72. The summed E-state index contributed by atoms with van der Waals surface area (Å²) in [5.74, 6) is 0. The molecule has 0 fully saturated rings. The molecule has 0 aliphatic rings. The fraction of sp³-hybridized carbons (Fsp3) is 0.368. The zero-order valence-electron chi connectivity index (χ0n) is 13.0. The van der Waals surface area contributed by atoms with Crippen molar-refractivity contribution in [3.8, 4) is 11.1 Å². The molecular weight excluding hydrogens is 228 g/mol. The lowest BCUT2D eigenvalue weighted by Gasteiger charge is -2.22. The normalized spacial score (nSPS) is 11.7. The zero-order valence-corrected chi connectivity index (χ0v) is 13.0. The summed E-state index contributed by atoms with van der Waals surface area (Å²) in [6, 6.07) is 13.4. The molecule has 100 valence electrons. The van der Waals surface area contributed by atoms with Gasteiger partial charge in [-0.25, -0.2) is 0 Å². The summed E-state index contributed by atoms with van der Waals surface area (Å²) in [4.78, 5) is 0. The highest BCUT2D eigenvalue weighted by Crippen LogP contribution is 2.32. The third-order valence-electron chi connectivity index (χ3n) is 3.71. The van der Waals surface area contributed by atoms with Crippen molar-refractivity contribution in [3.63, 3.8) is 0 Å². The standard InChI is InChI=1S/C19H24/c1-13-8-7-9-16(10-13)18-14(2)11-17(12-15(18)3)19(4,5)6/h7-12H,1-6H3. The van der Waals surface area contributed by atoms with Crippen LogP contribution in [0.5, 0.6) is 0 Å². The summed E-state index contributed by atoms with van der Waals surface area (Å²) >= 11 is 0. The van der Waals surface area contributed by atoms with E-state index in [0.717, 1.165) is 0 Å². The van der Waals surface area contributed by atoms with Gasteiger partial charge in [-0.3, -0.25) is 0 Å². The zero-order chi connectivity index (χ0) is 14.2. The average molecular weight is 252 g/mol. The molecule has 19 heavy (non-hydrogen) atoms. The first kappa shape index (κ1) is 13.9. The fourth-order valence-corrected chi connectivity index (χ4v) is 2.65. The van der Waals surface area contributed by atoms with Gasteiger partial charge in [-0.05, 0) is 54.0 Å². The monoisotopic (exact) mass is 252 g/mol. The molecule has 0 radical (unpaired) electrons. The number of aryl methyl sites for hydroxylation is 3. The van der Waals surface area contributed by atoms with E-state index in [1.54, 1.807) is 0 Å². The minimum absolute atomic E-state index is 0.209. The summed E-state index contributed by atoms with van der Waals surface area (Å²) in [5, 5.41) is 0. The van der Waals surface area contributed by atoms with Gasteiger partial charge in [-0.2, -0.15) is 0 Å². The van der Waals surface area contributed by atoms with Crippen LogP contribution in [0.15, 0.2) is 36.4 Å². The van der Waals surface area contributed by atoms with Crippen molar-refractivity contribution in [2.24, 2.45) is 0 Å². The molecule has 0 bridgehead atoms. The molecule has 0 aliphatic heterocycles. The van der Waals surface area contributed by atoms with E-state index in [1.165, 1.54) is 33.4 Å². The van der Waals surface area contributed by atoms with Crippen LogP contribution in [-0.4, -0.2) is 0 Å². The van der Waals surface area contributed by atoms with Gasteiger partial charge in [0.05, 0.1) is 0 Å². The van der Waals surface area contributed by atoms with Crippen molar-refractivity contribution < 1.29 is 0 Å². The Labute approximate surface area is 117 Å². The Morgan fingerprint density at radius 3 is 1.84 bits per heavy atom. The molecule has 0 aromatic heterocycles. The quantitative estimate of drug-likeness (QED) is 0.622. The largest absolute Gasteiger partial charge is 0.0614 e. The molecule has 0 spiro atoms. The van der Waals surface area contributed by atoms with Gasteiger partial charge in [-0.1, -0.05) is 62.7 Å². The van der Waals surface area contributed by atoms with Crippen LogP contribution in [0.2, 0.25) is 0 Å².